The summed E-state index contributed by atoms with van der Waals surface area (Å²) in [6.07, 6.45) is 7.50. The first-order valence-electron chi connectivity index (χ1n) is 9.29. The molecule has 142 valence electrons. The molecule has 0 heterocycles. The van der Waals surface area contributed by atoms with Crippen molar-refractivity contribution in [2.24, 2.45) is 5.92 Å². The summed E-state index contributed by atoms with van der Waals surface area (Å²) in [6, 6.07) is 6.73. The van der Waals surface area contributed by atoms with Gasteiger partial charge in [-0.2, -0.15) is 0 Å². The van der Waals surface area contributed by atoms with Crippen LogP contribution in [0.15, 0.2) is 35.9 Å². The molecule has 0 unspecified atom stereocenters. The van der Waals surface area contributed by atoms with Gasteiger partial charge < -0.3 is 15.4 Å². The molecule has 0 saturated heterocycles. The standard InChI is InChI=1S/C20H29N3O3/c1-15(2)14-26-20(25)23-18-10-6-9-17(13-18)22-19(24)21-12-11-16-7-4-3-5-8-16/h6-7,9-10,13,15H,3-5,8,11-12,14H2,1-2H3,(H,23,25)(H2,21,22,24). The molecular weight excluding hydrogens is 330 g/mol. The molecule has 1 aliphatic carbocycles. The van der Waals surface area contributed by atoms with Crippen molar-refractivity contribution < 1.29 is 14.3 Å². The average molecular weight is 359 g/mol. The Morgan fingerprint density at radius 1 is 1.15 bits per heavy atom. The van der Waals surface area contributed by atoms with Gasteiger partial charge in [-0.3, -0.25) is 5.32 Å². The summed E-state index contributed by atoms with van der Waals surface area (Å²) in [4.78, 5) is 23.7. The number of carbonyl (C=O) groups excluding carboxylic acids is 2. The molecule has 0 fully saturated rings. The Morgan fingerprint density at radius 3 is 2.62 bits per heavy atom. The van der Waals surface area contributed by atoms with Crippen molar-refractivity contribution in [2.75, 3.05) is 23.8 Å². The van der Waals surface area contributed by atoms with E-state index in [-0.39, 0.29) is 11.9 Å². The van der Waals surface area contributed by atoms with E-state index >= 15 is 0 Å². The van der Waals surface area contributed by atoms with Crippen LogP contribution in [0.25, 0.3) is 0 Å². The summed E-state index contributed by atoms with van der Waals surface area (Å²) in [5, 5.41) is 8.31. The minimum Gasteiger partial charge on any atom is -0.449 e. The maximum Gasteiger partial charge on any atom is 0.411 e. The highest BCUT2D eigenvalue weighted by Crippen LogP contribution is 2.19. The highest BCUT2D eigenvalue weighted by Gasteiger charge is 2.07. The average Bonchev–Trinajstić information content (AvgIpc) is 2.61. The molecule has 0 atom stereocenters. The van der Waals surface area contributed by atoms with Gasteiger partial charge in [0.05, 0.1) is 6.61 Å². The van der Waals surface area contributed by atoms with E-state index in [0.717, 1.165) is 19.3 Å². The minimum absolute atomic E-state index is 0.249. The van der Waals surface area contributed by atoms with Gasteiger partial charge in [0.15, 0.2) is 0 Å². The van der Waals surface area contributed by atoms with Gasteiger partial charge in [-0.15, -0.1) is 0 Å². The molecular formula is C20H29N3O3. The van der Waals surface area contributed by atoms with Crippen molar-refractivity contribution in [3.05, 3.63) is 35.9 Å². The zero-order chi connectivity index (χ0) is 18.8. The number of allylic oxidation sites excluding steroid dienone is 1. The number of ether oxygens (including phenoxy) is 1. The third kappa shape index (κ3) is 7.59. The van der Waals surface area contributed by atoms with Gasteiger partial charge in [0, 0.05) is 17.9 Å². The molecule has 6 nitrogen and oxygen atoms in total. The van der Waals surface area contributed by atoms with E-state index in [1.54, 1.807) is 24.3 Å². The van der Waals surface area contributed by atoms with E-state index in [2.05, 4.69) is 22.0 Å². The van der Waals surface area contributed by atoms with Crippen molar-refractivity contribution in [1.82, 2.24) is 5.32 Å². The van der Waals surface area contributed by atoms with Gasteiger partial charge in [-0.25, -0.2) is 9.59 Å². The van der Waals surface area contributed by atoms with E-state index in [9.17, 15) is 9.59 Å². The topological polar surface area (TPSA) is 79.5 Å². The molecule has 26 heavy (non-hydrogen) atoms. The third-order valence-electron chi connectivity index (χ3n) is 4.03. The Hall–Kier alpha value is -2.50. The molecule has 0 spiro atoms. The van der Waals surface area contributed by atoms with Crippen LogP contribution in [0.4, 0.5) is 21.0 Å². The first kappa shape index (κ1) is 19.8. The Balaban J connectivity index is 1.75. The summed E-state index contributed by atoms with van der Waals surface area (Å²) in [6.45, 7) is 4.93. The fraction of sp³-hybridized carbons (Fsp3) is 0.500. The Kier molecular flexibility index (Phi) is 7.99. The van der Waals surface area contributed by atoms with Gasteiger partial charge in [0.1, 0.15) is 0 Å². The monoisotopic (exact) mass is 359 g/mol. The Bertz CT molecular complexity index is 641. The number of benzene rings is 1. The lowest BCUT2D eigenvalue weighted by Gasteiger charge is -2.13. The maximum absolute atomic E-state index is 12.0. The van der Waals surface area contributed by atoms with Gasteiger partial charge in [-0.05, 0) is 56.2 Å². The van der Waals surface area contributed by atoms with Crippen molar-refractivity contribution in [1.29, 1.82) is 0 Å². The molecule has 6 heteroatoms. The van der Waals surface area contributed by atoms with Gasteiger partial charge in [-0.1, -0.05) is 31.6 Å². The van der Waals surface area contributed by atoms with Crippen LogP contribution in [0.3, 0.4) is 0 Å². The van der Waals surface area contributed by atoms with Crippen LogP contribution in [0, 0.1) is 5.92 Å². The number of urea groups is 1. The lowest BCUT2D eigenvalue weighted by Crippen LogP contribution is -2.29. The van der Waals surface area contributed by atoms with Crippen LogP contribution >= 0.6 is 0 Å². The van der Waals surface area contributed by atoms with Crippen LogP contribution < -0.4 is 16.0 Å². The second kappa shape index (κ2) is 10.5. The number of anilines is 2. The van der Waals surface area contributed by atoms with E-state index in [1.807, 2.05) is 13.8 Å². The predicted octanol–water partition coefficient (Wildman–Crippen LogP) is 4.90. The number of carbonyl (C=O) groups is 2. The number of rotatable bonds is 7. The highest BCUT2D eigenvalue weighted by molar-refractivity contribution is 5.91. The Morgan fingerprint density at radius 2 is 1.92 bits per heavy atom. The largest absolute Gasteiger partial charge is 0.449 e. The van der Waals surface area contributed by atoms with Gasteiger partial charge in [0.25, 0.3) is 0 Å². The number of hydrogen-bond donors (Lipinski definition) is 3. The molecule has 0 bridgehead atoms. The molecule has 0 saturated carbocycles. The number of nitrogens with one attached hydrogen (secondary N) is 3. The van der Waals surface area contributed by atoms with Crippen LogP contribution in [0.2, 0.25) is 0 Å². The highest BCUT2D eigenvalue weighted by atomic mass is 16.5. The quantitative estimate of drug-likeness (QED) is 0.606. The van der Waals surface area contributed by atoms with E-state index in [0.29, 0.717) is 24.5 Å². The van der Waals surface area contributed by atoms with E-state index < -0.39 is 6.09 Å². The van der Waals surface area contributed by atoms with Crippen molar-refractivity contribution in [2.45, 2.75) is 46.0 Å². The smallest absolute Gasteiger partial charge is 0.411 e. The van der Waals surface area contributed by atoms with E-state index in [4.69, 9.17) is 4.74 Å². The molecule has 1 aromatic carbocycles. The molecule has 0 radical (unpaired) electrons. The number of amides is 3. The SMILES string of the molecule is CC(C)COC(=O)Nc1cccc(NC(=O)NCCC2=CCCCC2)c1. The summed E-state index contributed by atoms with van der Waals surface area (Å²) < 4.78 is 5.08. The van der Waals surface area contributed by atoms with Crippen LogP contribution in [0.1, 0.15) is 46.0 Å². The second-order valence-electron chi connectivity index (χ2n) is 6.94. The van der Waals surface area contributed by atoms with Crippen LogP contribution in [-0.2, 0) is 4.74 Å². The normalized spacial score (nSPS) is 13.7. The molecule has 3 N–H and O–H groups in total. The zero-order valence-corrected chi connectivity index (χ0v) is 15.6. The third-order valence-corrected chi connectivity index (χ3v) is 4.03. The van der Waals surface area contributed by atoms with E-state index in [1.165, 1.54) is 18.4 Å². The first-order valence-corrected chi connectivity index (χ1v) is 9.29. The molecule has 3 amide bonds. The lowest BCUT2D eigenvalue weighted by atomic mass is 9.97. The van der Waals surface area contributed by atoms with Crippen LogP contribution in [-0.4, -0.2) is 25.3 Å². The second-order valence-corrected chi connectivity index (χ2v) is 6.94. The molecule has 1 aliphatic rings. The maximum atomic E-state index is 12.0. The summed E-state index contributed by atoms with van der Waals surface area (Å²) >= 11 is 0. The lowest BCUT2D eigenvalue weighted by molar-refractivity contribution is 0.147. The van der Waals surface area contributed by atoms with Crippen molar-refractivity contribution in [3.63, 3.8) is 0 Å². The molecule has 0 aliphatic heterocycles. The van der Waals surface area contributed by atoms with Crippen molar-refractivity contribution in [3.8, 4) is 0 Å². The van der Waals surface area contributed by atoms with Gasteiger partial charge in [0.2, 0.25) is 0 Å². The fourth-order valence-corrected chi connectivity index (χ4v) is 2.71. The van der Waals surface area contributed by atoms with Crippen LogP contribution in [0.5, 0.6) is 0 Å². The first-order chi connectivity index (χ1) is 12.5. The summed E-state index contributed by atoms with van der Waals surface area (Å²) in [5.41, 5.74) is 2.62. The van der Waals surface area contributed by atoms with Crippen molar-refractivity contribution >= 4 is 23.5 Å². The minimum atomic E-state index is -0.499. The predicted molar refractivity (Wildman–Crippen MR) is 104 cm³/mol. The summed E-state index contributed by atoms with van der Waals surface area (Å²) in [7, 11) is 0. The van der Waals surface area contributed by atoms with Gasteiger partial charge >= 0.3 is 12.1 Å². The molecule has 2 rings (SSSR count). The molecule has 1 aromatic rings. The zero-order valence-electron chi connectivity index (χ0n) is 15.6. The fourth-order valence-electron chi connectivity index (χ4n) is 2.71. The summed E-state index contributed by atoms with van der Waals surface area (Å²) in [5.74, 6) is 0.279. The Labute approximate surface area is 155 Å². The number of hydrogen-bond acceptors (Lipinski definition) is 3. The molecule has 0 aromatic heterocycles.